The van der Waals surface area contributed by atoms with Gasteiger partial charge in [-0.15, -0.1) is 12.4 Å². The molecule has 1 fully saturated rings. The van der Waals surface area contributed by atoms with Gasteiger partial charge in [-0.3, -0.25) is 5.01 Å². The van der Waals surface area contributed by atoms with E-state index in [1.807, 2.05) is 5.01 Å². The summed E-state index contributed by atoms with van der Waals surface area (Å²) in [6.07, 6.45) is 1.77. The number of hydrazone groups is 1. The second-order valence-corrected chi connectivity index (χ2v) is 4.43. The molecule has 1 aromatic carbocycles. The maximum absolute atomic E-state index is 10.7. The van der Waals surface area contributed by atoms with Gasteiger partial charge in [0.2, 0.25) is 0 Å². The van der Waals surface area contributed by atoms with Gasteiger partial charge in [-0.05, 0) is 24.7 Å². The SMILES string of the molecule is CN1CCN(/N=C/c2ccc(C(=O)O)cc2)CC1.Cl. The summed E-state index contributed by atoms with van der Waals surface area (Å²) in [5.41, 5.74) is 1.21. The average Bonchev–Trinajstić information content (AvgIpc) is 2.38. The zero-order valence-corrected chi connectivity index (χ0v) is 11.6. The molecular weight excluding hydrogens is 266 g/mol. The van der Waals surface area contributed by atoms with Gasteiger partial charge in [-0.2, -0.15) is 5.10 Å². The first-order valence-electron chi connectivity index (χ1n) is 5.96. The van der Waals surface area contributed by atoms with Crippen LogP contribution in [-0.4, -0.2) is 60.4 Å². The summed E-state index contributed by atoms with van der Waals surface area (Å²) >= 11 is 0. The summed E-state index contributed by atoms with van der Waals surface area (Å²) in [5.74, 6) is -0.905. The van der Waals surface area contributed by atoms with Crippen molar-refractivity contribution in [2.24, 2.45) is 5.10 Å². The van der Waals surface area contributed by atoms with Crippen LogP contribution in [0, 0.1) is 0 Å². The third kappa shape index (κ3) is 4.54. The lowest BCUT2D eigenvalue weighted by Gasteiger charge is -2.30. The first-order chi connectivity index (χ1) is 8.65. The van der Waals surface area contributed by atoms with E-state index in [-0.39, 0.29) is 12.4 Å². The van der Waals surface area contributed by atoms with Gasteiger partial charge in [0.15, 0.2) is 0 Å². The van der Waals surface area contributed by atoms with Gasteiger partial charge in [0, 0.05) is 26.2 Å². The largest absolute Gasteiger partial charge is 0.478 e. The van der Waals surface area contributed by atoms with Crippen molar-refractivity contribution in [3.05, 3.63) is 35.4 Å². The summed E-state index contributed by atoms with van der Waals surface area (Å²) in [4.78, 5) is 13.0. The molecule has 2 rings (SSSR count). The molecular formula is C13H18ClN3O2. The molecule has 1 heterocycles. The minimum atomic E-state index is -0.905. The predicted octanol–water partition coefficient (Wildman–Crippen LogP) is 1.39. The van der Waals surface area contributed by atoms with Crippen molar-refractivity contribution < 1.29 is 9.90 Å². The summed E-state index contributed by atoms with van der Waals surface area (Å²) in [6, 6.07) is 6.72. The highest BCUT2D eigenvalue weighted by molar-refractivity contribution is 5.89. The quantitative estimate of drug-likeness (QED) is 0.852. The number of hydrogen-bond acceptors (Lipinski definition) is 4. The third-order valence-corrected chi connectivity index (χ3v) is 3.01. The number of halogens is 1. The molecule has 104 valence electrons. The van der Waals surface area contributed by atoms with Crippen LogP contribution in [0.25, 0.3) is 0 Å². The average molecular weight is 284 g/mol. The van der Waals surface area contributed by atoms with E-state index in [1.54, 1.807) is 30.5 Å². The van der Waals surface area contributed by atoms with Gasteiger partial charge in [-0.1, -0.05) is 12.1 Å². The minimum Gasteiger partial charge on any atom is -0.478 e. The van der Waals surface area contributed by atoms with E-state index in [0.717, 1.165) is 31.7 Å². The van der Waals surface area contributed by atoms with Crippen LogP contribution in [-0.2, 0) is 0 Å². The lowest BCUT2D eigenvalue weighted by Crippen LogP contribution is -2.41. The van der Waals surface area contributed by atoms with Gasteiger partial charge in [-0.25, -0.2) is 4.79 Å². The zero-order valence-electron chi connectivity index (χ0n) is 10.8. The molecule has 1 saturated heterocycles. The van der Waals surface area contributed by atoms with E-state index in [0.29, 0.717) is 5.56 Å². The van der Waals surface area contributed by atoms with Gasteiger partial charge >= 0.3 is 5.97 Å². The molecule has 1 aliphatic rings. The molecule has 1 aromatic rings. The summed E-state index contributed by atoms with van der Waals surface area (Å²) in [6.45, 7) is 3.91. The fourth-order valence-electron chi connectivity index (χ4n) is 1.77. The normalized spacial score (nSPS) is 16.4. The second-order valence-electron chi connectivity index (χ2n) is 4.43. The molecule has 5 nitrogen and oxygen atoms in total. The Balaban J connectivity index is 0.00000180. The topological polar surface area (TPSA) is 56.1 Å². The van der Waals surface area contributed by atoms with Crippen molar-refractivity contribution in [1.29, 1.82) is 0 Å². The number of carbonyl (C=O) groups is 1. The predicted molar refractivity (Wildman–Crippen MR) is 77.3 cm³/mol. The highest BCUT2D eigenvalue weighted by Gasteiger charge is 2.10. The van der Waals surface area contributed by atoms with E-state index in [1.165, 1.54) is 0 Å². The summed E-state index contributed by atoms with van der Waals surface area (Å²) < 4.78 is 0. The first kappa shape index (κ1) is 15.5. The molecule has 0 atom stereocenters. The molecule has 0 amide bonds. The van der Waals surface area contributed by atoms with Crippen molar-refractivity contribution in [3.63, 3.8) is 0 Å². The van der Waals surface area contributed by atoms with Gasteiger partial charge in [0.05, 0.1) is 11.8 Å². The van der Waals surface area contributed by atoms with Crippen LogP contribution in [0.5, 0.6) is 0 Å². The maximum atomic E-state index is 10.7. The number of carboxylic acid groups (broad SMARTS) is 1. The number of carboxylic acids is 1. The van der Waals surface area contributed by atoms with Crippen LogP contribution in [0.2, 0.25) is 0 Å². The van der Waals surface area contributed by atoms with Crippen LogP contribution in [0.4, 0.5) is 0 Å². The van der Waals surface area contributed by atoms with Crippen LogP contribution < -0.4 is 0 Å². The summed E-state index contributed by atoms with van der Waals surface area (Å²) in [5, 5.41) is 15.2. The Kier molecular flexibility index (Phi) is 5.79. The van der Waals surface area contributed by atoms with Crippen LogP contribution >= 0.6 is 12.4 Å². The number of nitrogens with zero attached hydrogens (tertiary/aromatic N) is 3. The molecule has 0 aromatic heterocycles. The maximum Gasteiger partial charge on any atom is 0.335 e. The van der Waals surface area contributed by atoms with Crippen molar-refractivity contribution in [2.75, 3.05) is 33.2 Å². The lowest BCUT2D eigenvalue weighted by molar-refractivity contribution is 0.0697. The molecule has 0 aliphatic carbocycles. The highest BCUT2D eigenvalue weighted by Crippen LogP contribution is 2.04. The number of likely N-dealkylation sites (N-methyl/N-ethyl adjacent to an activating group) is 1. The highest BCUT2D eigenvalue weighted by atomic mass is 35.5. The van der Waals surface area contributed by atoms with Gasteiger partial charge in [0.1, 0.15) is 0 Å². The molecule has 0 saturated carbocycles. The number of aromatic carboxylic acids is 1. The van der Waals surface area contributed by atoms with Gasteiger partial charge in [0.25, 0.3) is 0 Å². The molecule has 1 N–H and O–H groups in total. The molecule has 1 aliphatic heterocycles. The molecule has 6 heteroatoms. The monoisotopic (exact) mass is 283 g/mol. The molecule has 0 bridgehead atoms. The first-order valence-corrected chi connectivity index (χ1v) is 5.96. The Hall–Kier alpha value is -1.59. The van der Waals surface area contributed by atoms with E-state index < -0.39 is 5.97 Å². The van der Waals surface area contributed by atoms with Crippen LogP contribution in [0.3, 0.4) is 0 Å². The summed E-state index contributed by atoms with van der Waals surface area (Å²) in [7, 11) is 2.10. The van der Waals surface area contributed by atoms with Crippen molar-refractivity contribution in [3.8, 4) is 0 Å². The van der Waals surface area contributed by atoms with Crippen LogP contribution in [0.1, 0.15) is 15.9 Å². The third-order valence-electron chi connectivity index (χ3n) is 3.01. The number of hydrogen-bond donors (Lipinski definition) is 1. The Labute approximate surface area is 118 Å². The number of piperazine rings is 1. The Morgan fingerprint density at radius 1 is 1.21 bits per heavy atom. The van der Waals surface area contributed by atoms with E-state index in [2.05, 4.69) is 17.0 Å². The van der Waals surface area contributed by atoms with Crippen LogP contribution in [0.15, 0.2) is 29.4 Å². The second kappa shape index (κ2) is 7.11. The van der Waals surface area contributed by atoms with E-state index >= 15 is 0 Å². The molecule has 0 radical (unpaired) electrons. The van der Waals surface area contributed by atoms with E-state index in [9.17, 15) is 4.79 Å². The molecule has 0 spiro atoms. The standard InChI is InChI=1S/C13H17N3O2.ClH/c1-15-6-8-16(9-7-15)14-10-11-2-4-12(5-3-11)13(17)18;/h2-5,10H,6-9H2,1H3,(H,17,18);1H/b14-10+;. The zero-order chi connectivity index (χ0) is 13.0. The number of benzene rings is 1. The fraction of sp³-hybridized carbons (Fsp3) is 0.385. The Morgan fingerprint density at radius 3 is 2.32 bits per heavy atom. The Bertz CT molecular complexity index is 440. The molecule has 0 unspecified atom stereocenters. The molecule has 19 heavy (non-hydrogen) atoms. The van der Waals surface area contributed by atoms with Crippen molar-refractivity contribution >= 4 is 24.6 Å². The number of rotatable bonds is 3. The van der Waals surface area contributed by atoms with Gasteiger partial charge < -0.3 is 10.0 Å². The lowest BCUT2D eigenvalue weighted by atomic mass is 10.1. The van der Waals surface area contributed by atoms with Crippen molar-refractivity contribution in [2.45, 2.75) is 0 Å². The Morgan fingerprint density at radius 2 is 1.79 bits per heavy atom. The fourth-order valence-corrected chi connectivity index (χ4v) is 1.77. The van der Waals surface area contributed by atoms with Crippen molar-refractivity contribution in [1.82, 2.24) is 9.91 Å². The minimum absolute atomic E-state index is 0. The van der Waals surface area contributed by atoms with E-state index in [4.69, 9.17) is 5.11 Å². The smallest absolute Gasteiger partial charge is 0.335 e.